The van der Waals surface area contributed by atoms with Crippen LogP contribution in [0.1, 0.15) is 0 Å². The fourth-order valence-electron chi connectivity index (χ4n) is 1.66. The van der Waals surface area contributed by atoms with Gasteiger partial charge in [-0.3, -0.25) is 0 Å². The second-order valence-corrected chi connectivity index (χ2v) is 5.78. The Balaban J connectivity index is 2.95. The molecule has 0 aliphatic rings. The molecule has 0 bridgehead atoms. The Hall–Kier alpha value is -0.0100. The van der Waals surface area contributed by atoms with E-state index in [9.17, 15) is 0 Å². The van der Waals surface area contributed by atoms with Gasteiger partial charge in [-0.15, -0.1) is 0 Å². The van der Waals surface area contributed by atoms with E-state index >= 15 is 0 Å². The molecule has 0 rings (SSSR count). The standard InChI is InChI=1S/C17H36O9S/c1-19-2-3-20-4-5-21-6-7-22-8-9-23-10-11-24-12-13-25-14-15-26-16-17-27-18/h18H,2-17H2,1H3. The van der Waals surface area contributed by atoms with Gasteiger partial charge in [0.2, 0.25) is 0 Å². The molecule has 0 fully saturated rings. The van der Waals surface area contributed by atoms with Gasteiger partial charge in [-0.2, -0.15) is 0 Å². The molecule has 0 amide bonds. The number of ether oxygens (including phenoxy) is 8. The van der Waals surface area contributed by atoms with E-state index in [-0.39, 0.29) is 0 Å². The maximum atomic E-state index is 8.50. The van der Waals surface area contributed by atoms with Crippen LogP contribution in [0, 0.1) is 0 Å². The molecule has 164 valence electrons. The summed E-state index contributed by atoms with van der Waals surface area (Å²) in [5.41, 5.74) is 0. The minimum atomic E-state index is 0.525. The lowest BCUT2D eigenvalue weighted by Crippen LogP contribution is -2.15. The Morgan fingerprint density at radius 1 is 0.444 bits per heavy atom. The lowest BCUT2D eigenvalue weighted by Gasteiger charge is -2.08. The van der Waals surface area contributed by atoms with Crippen LogP contribution in [-0.4, -0.2) is 117 Å². The van der Waals surface area contributed by atoms with Crippen LogP contribution >= 0.6 is 12.0 Å². The van der Waals surface area contributed by atoms with E-state index < -0.39 is 0 Å². The van der Waals surface area contributed by atoms with Gasteiger partial charge in [0, 0.05) is 12.9 Å². The summed E-state index contributed by atoms with van der Waals surface area (Å²) in [5.74, 6) is 0.576. The van der Waals surface area contributed by atoms with E-state index in [0.717, 1.165) is 12.0 Å². The van der Waals surface area contributed by atoms with Gasteiger partial charge in [0.05, 0.1) is 99.1 Å². The summed E-state index contributed by atoms with van der Waals surface area (Å²) in [6, 6.07) is 0. The molecular formula is C17H36O9S. The highest BCUT2D eigenvalue weighted by Gasteiger charge is 1.94. The third kappa shape index (κ3) is 26.0. The zero-order chi connectivity index (χ0) is 19.7. The van der Waals surface area contributed by atoms with Gasteiger partial charge in [0.15, 0.2) is 0 Å². The molecule has 0 heterocycles. The molecule has 10 heteroatoms. The van der Waals surface area contributed by atoms with Gasteiger partial charge in [0.25, 0.3) is 0 Å². The van der Waals surface area contributed by atoms with Crippen molar-refractivity contribution in [1.29, 1.82) is 0 Å². The normalized spacial score (nSPS) is 11.3. The van der Waals surface area contributed by atoms with Gasteiger partial charge in [0.1, 0.15) is 0 Å². The SMILES string of the molecule is COCCOCCOCCOCCOCCOCCOCCOCCSO. The van der Waals surface area contributed by atoms with Gasteiger partial charge in [-0.25, -0.2) is 0 Å². The third-order valence-corrected chi connectivity index (χ3v) is 3.33. The second kappa shape index (κ2) is 26.0. The van der Waals surface area contributed by atoms with Crippen LogP contribution in [0.3, 0.4) is 0 Å². The van der Waals surface area contributed by atoms with Crippen molar-refractivity contribution >= 4 is 12.0 Å². The van der Waals surface area contributed by atoms with Crippen LogP contribution in [0.4, 0.5) is 0 Å². The molecule has 27 heavy (non-hydrogen) atoms. The molecule has 0 aliphatic carbocycles. The zero-order valence-electron chi connectivity index (χ0n) is 16.4. The Morgan fingerprint density at radius 2 is 0.704 bits per heavy atom. The average Bonchev–Trinajstić information content (AvgIpc) is 2.68. The van der Waals surface area contributed by atoms with E-state index in [1.54, 1.807) is 7.11 Å². The summed E-state index contributed by atoms with van der Waals surface area (Å²) in [4.78, 5) is 0. The molecule has 0 radical (unpaired) electrons. The highest BCUT2D eigenvalue weighted by atomic mass is 32.2. The van der Waals surface area contributed by atoms with E-state index in [0.29, 0.717) is 105 Å². The van der Waals surface area contributed by atoms with Gasteiger partial charge >= 0.3 is 0 Å². The topological polar surface area (TPSA) is 94.1 Å². The Labute approximate surface area is 167 Å². The first-order chi connectivity index (χ1) is 13.4. The lowest BCUT2D eigenvalue weighted by molar-refractivity contribution is -0.0217. The summed E-state index contributed by atoms with van der Waals surface area (Å²) in [5, 5.41) is 0. The molecule has 0 saturated heterocycles. The predicted molar refractivity (Wildman–Crippen MR) is 103 cm³/mol. The van der Waals surface area contributed by atoms with Crippen LogP contribution < -0.4 is 0 Å². The van der Waals surface area contributed by atoms with Crippen molar-refractivity contribution in [3.05, 3.63) is 0 Å². The molecule has 9 nitrogen and oxygen atoms in total. The highest BCUT2D eigenvalue weighted by molar-refractivity contribution is 7.93. The summed E-state index contributed by atoms with van der Waals surface area (Å²) >= 11 is 0.775. The molecule has 0 unspecified atom stereocenters. The molecule has 0 atom stereocenters. The molecule has 0 aromatic rings. The van der Waals surface area contributed by atoms with Crippen molar-refractivity contribution in [3.8, 4) is 0 Å². The van der Waals surface area contributed by atoms with Gasteiger partial charge < -0.3 is 42.4 Å². The van der Waals surface area contributed by atoms with Crippen LogP contribution in [0.15, 0.2) is 0 Å². The molecule has 0 saturated carbocycles. The highest BCUT2D eigenvalue weighted by Crippen LogP contribution is 1.90. The first-order valence-corrected chi connectivity index (χ1v) is 10.2. The van der Waals surface area contributed by atoms with Crippen molar-refractivity contribution in [2.24, 2.45) is 0 Å². The zero-order valence-corrected chi connectivity index (χ0v) is 17.3. The minimum Gasteiger partial charge on any atom is -0.382 e. The number of hydrogen-bond acceptors (Lipinski definition) is 10. The number of methoxy groups -OCH3 is 1. The molecule has 0 aromatic carbocycles. The lowest BCUT2D eigenvalue weighted by atomic mass is 10.6. The summed E-state index contributed by atoms with van der Waals surface area (Å²) in [6.45, 7) is 8.14. The smallest absolute Gasteiger partial charge is 0.0701 e. The molecular weight excluding hydrogens is 380 g/mol. The first-order valence-electron chi connectivity index (χ1n) is 9.21. The quantitative estimate of drug-likeness (QED) is 0.181. The number of hydrogen-bond donors (Lipinski definition) is 1. The maximum Gasteiger partial charge on any atom is 0.0701 e. The van der Waals surface area contributed by atoms with E-state index in [4.69, 9.17) is 42.4 Å². The van der Waals surface area contributed by atoms with Crippen LogP contribution in [0.2, 0.25) is 0 Å². The largest absolute Gasteiger partial charge is 0.382 e. The first kappa shape index (κ1) is 27.0. The van der Waals surface area contributed by atoms with Crippen LogP contribution in [-0.2, 0) is 37.9 Å². The third-order valence-electron chi connectivity index (χ3n) is 2.98. The Morgan fingerprint density at radius 3 is 0.963 bits per heavy atom. The summed E-state index contributed by atoms with van der Waals surface area (Å²) in [6.07, 6.45) is 0. The van der Waals surface area contributed by atoms with Crippen LogP contribution in [0.5, 0.6) is 0 Å². The van der Waals surface area contributed by atoms with Crippen molar-refractivity contribution in [3.63, 3.8) is 0 Å². The fraction of sp³-hybridized carbons (Fsp3) is 1.00. The van der Waals surface area contributed by atoms with E-state index in [1.165, 1.54) is 0 Å². The second-order valence-electron chi connectivity index (χ2n) is 5.11. The summed E-state index contributed by atoms with van der Waals surface area (Å²) < 4.78 is 50.7. The Bertz CT molecular complexity index is 239. The monoisotopic (exact) mass is 416 g/mol. The predicted octanol–water partition coefficient (Wildman–Crippen LogP) is 0.955. The van der Waals surface area contributed by atoms with E-state index in [1.807, 2.05) is 0 Å². The van der Waals surface area contributed by atoms with Crippen molar-refractivity contribution in [2.45, 2.75) is 0 Å². The van der Waals surface area contributed by atoms with Crippen molar-refractivity contribution in [1.82, 2.24) is 0 Å². The minimum absolute atomic E-state index is 0.525. The molecule has 0 aromatic heterocycles. The maximum absolute atomic E-state index is 8.50. The van der Waals surface area contributed by atoms with Gasteiger partial charge in [-0.05, 0) is 12.0 Å². The van der Waals surface area contributed by atoms with Crippen LogP contribution in [0.25, 0.3) is 0 Å². The van der Waals surface area contributed by atoms with Crippen molar-refractivity contribution in [2.75, 3.05) is 112 Å². The number of rotatable bonds is 24. The molecule has 0 aliphatic heterocycles. The van der Waals surface area contributed by atoms with E-state index in [2.05, 4.69) is 0 Å². The summed E-state index contributed by atoms with van der Waals surface area (Å²) in [7, 11) is 1.64. The molecule has 0 spiro atoms. The molecule has 1 N–H and O–H groups in total. The average molecular weight is 417 g/mol. The Kier molecular flexibility index (Phi) is 26.0. The fourth-order valence-corrected chi connectivity index (χ4v) is 1.85. The van der Waals surface area contributed by atoms with Crippen molar-refractivity contribution < 1.29 is 42.4 Å². The van der Waals surface area contributed by atoms with Gasteiger partial charge in [-0.1, -0.05) is 0 Å².